The van der Waals surface area contributed by atoms with Crippen LogP contribution in [-0.4, -0.2) is 31.8 Å². The van der Waals surface area contributed by atoms with Crippen molar-refractivity contribution in [1.29, 1.82) is 0 Å². The molecule has 8 heteroatoms. The van der Waals surface area contributed by atoms with E-state index in [1.165, 1.54) is 12.4 Å². The van der Waals surface area contributed by atoms with Gasteiger partial charge in [-0.25, -0.2) is 24.3 Å². The number of para-hydroxylation sites is 1. The molecule has 4 aromatic rings. The number of imidazole rings is 1. The second-order valence-corrected chi connectivity index (χ2v) is 7.70. The molecular formula is C25H24FN7. The number of anilines is 2. The van der Waals surface area contributed by atoms with E-state index in [1.807, 2.05) is 54.3 Å². The van der Waals surface area contributed by atoms with Gasteiger partial charge in [0.2, 0.25) is 0 Å². The van der Waals surface area contributed by atoms with Crippen LogP contribution in [0.4, 0.5) is 21.6 Å². The summed E-state index contributed by atoms with van der Waals surface area (Å²) in [7, 11) is 0. The zero-order valence-corrected chi connectivity index (χ0v) is 18.5. The number of benzene rings is 2. The molecule has 0 bridgehead atoms. The standard InChI is InChI=1S/C25H24FN7/c1-3-9-20-21-17(26)12-8-13-19(21)32-25(33(20)16-10-6-5-7-11-16)18(4-2)31-24-22-23(28-14-27-22)29-15-30-24/h5-15,18H,3-4H2,1-2H3,(H2,27,28,29,30,31). The molecule has 2 N–H and O–H groups in total. The molecule has 33 heavy (non-hydrogen) atoms. The summed E-state index contributed by atoms with van der Waals surface area (Å²) in [6, 6.07) is 14.8. The number of H-pyrrole nitrogens is 1. The predicted molar refractivity (Wildman–Crippen MR) is 130 cm³/mol. The van der Waals surface area contributed by atoms with Crippen LogP contribution in [0.15, 0.2) is 72.3 Å². The van der Waals surface area contributed by atoms with E-state index in [1.54, 1.807) is 12.4 Å². The highest BCUT2D eigenvalue weighted by molar-refractivity contribution is 6.16. The minimum atomic E-state index is -0.285. The van der Waals surface area contributed by atoms with E-state index in [-0.39, 0.29) is 11.9 Å². The van der Waals surface area contributed by atoms with Gasteiger partial charge in [-0.05, 0) is 37.1 Å². The zero-order chi connectivity index (χ0) is 22.8. The first-order valence-electron chi connectivity index (χ1n) is 11.0. The molecule has 0 aliphatic carbocycles. The quantitative estimate of drug-likeness (QED) is 0.402. The molecule has 3 heterocycles. The summed E-state index contributed by atoms with van der Waals surface area (Å²) in [5, 5.41) is 3.52. The number of fused-ring (bicyclic) bond motifs is 2. The summed E-state index contributed by atoms with van der Waals surface area (Å²) in [6.45, 7) is 4.13. The maximum atomic E-state index is 15.0. The first-order valence-corrected chi connectivity index (χ1v) is 11.0. The van der Waals surface area contributed by atoms with Crippen molar-refractivity contribution in [2.45, 2.75) is 32.7 Å². The molecule has 1 aliphatic rings. The van der Waals surface area contributed by atoms with Crippen molar-refractivity contribution in [3.63, 3.8) is 0 Å². The number of allylic oxidation sites excluding steroid dienone is 1. The maximum Gasteiger partial charge on any atom is 0.182 e. The monoisotopic (exact) mass is 441 g/mol. The number of aliphatic imine (C=N–C) groups is 1. The van der Waals surface area contributed by atoms with Gasteiger partial charge in [0.05, 0.1) is 29.3 Å². The number of hydrogen-bond donors (Lipinski definition) is 2. The molecule has 1 unspecified atom stereocenters. The number of nitrogens with one attached hydrogen (secondary N) is 2. The Balaban J connectivity index is 1.68. The average Bonchev–Trinajstić information content (AvgIpc) is 3.33. The molecule has 0 amide bonds. The zero-order valence-electron chi connectivity index (χ0n) is 18.5. The number of amidine groups is 1. The topological polar surface area (TPSA) is 82.1 Å². The predicted octanol–water partition coefficient (Wildman–Crippen LogP) is 5.68. The number of rotatable bonds is 6. The van der Waals surface area contributed by atoms with Crippen molar-refractivity contribution < 1.29 is 4.39 Å². The Hall–Kier alpha value is -4.07. The summed E-state index contributed by atoms with van der Waals surface area (Å²) >= 11 is 0. The third-order valence-corrected chi connectivity index (χ3v) is 5.62. The highest BCUT2D eigenvalue weighted by Gasteiger charge is 2.32. The fourth-order valence-corrected chi connectivity index (χ4v) is 4.13. The first-order chi connectivity index (χ1) is 16.2. The second-order valence-electron chi connectivity index (χ2n) is 7.70. The number of nitrogens with zero attached hydrogens (tertiary/aromatic N) is 5. The Bertz CT molecular complexity index is 1340. The lowest BCUT2D eigenvalue weighted by Crippen LogP contribution is -2.44. The van der Waals surface area contributed by atoms with Crippen LogP contribution in [0.2, 0.25) is 0 Å². The van der Waals surface area contributed by atoms with Crippen LogP contribution in [0, 0.1) is 5.82 Å². The lowest BCUT2D eigenvalue weighted by molar-refractivity contribution is 0.623. The highest BCUT2D eigenvalue weighted by Crippen LogP contribution is 2.40. The van der Waals surface area contributed by atoms with Gasteiger partial charge >= 0.3 is 0 Å². The lowest BCUT2D eigenvalue weighted by Gasteiger charge is -2.37. The molecule has 0 saturated carbocycles. The largest absolute Gasteiger partial charge is 0.358 e. The molecule has 0 spiro atoms. The van der Waals surface area contributed by atoms with E-state index in [4.69, 9.17) is 4.99 Å². The van der Waals surface area contributed by atoms with Crippen molar-refractivity contribution in [3.05, 3.63) is 78.6 Å². The van der Waals surface area contributed by atoms with Crippen LogP contribution in [0.3, 0.4) is 0 Å². The third kappa shape index (κ3) is 3.73. The van der Waals surface area contributed by atoms with Crippen molar-refractivity contribution >= 4 is 39.9 Å². The summed E-state index contributed by atoms with van der Waals surface area (Å²) < 4.78 is 15.0. The summed E-state index contributed by atoms with van der Waals surface area (Å²) in [5.74, 6) is 1.13. The molecule has 2 aromatic carbocycles. The molecule has 1 atom stereocenters. The summed E-state index contributed by atoms with van der Waals surface area (Å²) in [5.41, 5.74) is 4.16. The fourth-order valence-electron chi connectivity index (χ4n) is 4.13. The number of hydrogen-bond acceptors (Lipinski definition) is 6. The van der Waals surface area contributed by atoms with Crippen LogP contribution in [0.1, 0.15) is 32.3 Å². The smallest absolute Gasteiger partial charge is 0.182 e. The molecule has 0 saturated heterocycles. The molecule has 7 nitrogen and oxygen atoms in total. The molecule has 2 aromatic heterocycles. The lowest BCUT2D eigenvalue weighted by atomic mass is 10.0. The Kier molecular flexibility index (Phi) is 5.56. The minimum absolute atomic E-state index is 0.205. The SMILES string of the molecule is CCC=C1c2c(F)cccc2N=C(C(CC)Nc2ncnc3nc[nH]c23)N1c1ccccc1. The highest BCUT2D eigenvalue weighted by atomic mass is 19.1. The van der Waals surface area contributed by atoms with Crippen LogP contribution < -0.4 is 10.2 Å². The van der Waals surface area contributed by atoms with E-state index >= 15 is 4.39 Å². The molecule has 1 aliphatic heterocycles. The van der Waals surface area contributed by atoms with E-state index in [0.29, 0.717) is 22.7 Å². The van der Waals surface area contributed by atoms with Crippen LogP contribution >= 0.6 is 0 Å². The number of aromatic nitrogens is 4. The third-order valence-electron chi connectivity index (χ3n) is 5.62. The van der Waals surface area contributed by atoms with Crippen molar-refractivity contribution in [2.24, 2.45) is 4.99 Å². The second kappa shape index (κ2) is 8.82. The van der Waals surface area contributed by atoms with Crippen LogP contribution in [0.25, 0.3) is 16.9 Å². The number of aromatic amines is 1. The Labute approximate surface area is 191 Å². The van der Waals surface area contributed by atoms with Crippen molar-refractivity contribution in [2.75, 3.05) is 10.2 Å². The van der Waals surface area contributed by atoms with Gasteiger partial charge in [0.15, 0.2) is 11.5 Å². The van der Waals surface area contributed by atoms with E-state index in [9.17, 15) is 0 Å². The molecular weight excluding hydrogens is 417 g/mol. The molecule has 166 valence electrons. The van der Waals surface area contributed by atoms with Gasteiger partial charge in [-0.3, -0.25) is 4.90 Å². The van der Waals surface area contributed by atoms with Gasteiger partial charge in [-0.15, -0.1) is 0 Å². The molecule has 5 rings (SSSR count). The molecule has 0 radical (unpaired) electrons. The van der Waals surface area contributed by atoms with Gasteiger partial charge in [-0.1, -0.05) is 44.2 Å². The minimum Gasteiger partial charge on any atom is -0.358 e. The molecule has 0 fully saturated rings. The van der Waals surface area contributed by atoms with Gasteiger partial charge in [-0.2, -0.15) is 0 Å². The summed E-state index contributed by atoms with van der Waals surface area (Å²) in [4.78, 5) is 23.0. The van der Waals surface area contributed by atoms with E-state index in [0.717, 1.165) is 35.6 Å². The Morgan fingerprint density at radius 3 is 2.70 bits per heavy atom. The normalized spacial score (nSPS) is 15.4. The van der Waals surface area contributed by atoms with Crippen molar-refractivity contribution in [1.82, 2.24) is 19.9 Å². The van der Waals surface area contributed by atoms with Gasteiger partial charge in [0, 0.05) is 5.69 Å². The van der Waals surface area contributed by atoms with Gasteiger partial charge in [0.25, 0.3) is 0 Å². The first kappa shape index (κ1) is 20.8. The van der Waals surface area contributed by atoms with Crippen LogP contribution in [0.5, 0.6) is 0 Å². The van der Waals surface area contributed by atoms with E-state index in [2.05, 4.69) is 32.2 Å². The van der Waals surface area contributed by atoms with Crippen molar-refractivity contribution in [3.8, 4) is 0 Å². The fraction of sp³-hybridized carbons (Fsp3) is 0.200. The van der Waals surface area contributed by atoms with Gasteiger partial charge < -0.3 is 10.3 Å². The number of halogens is 1. The van der Waals surface area contributed by atoms with Gasteiger partial charge in [0.1, 0.15) is 23.5 Å². The van der Waals surface area contributed by atoms with Crippen LogP contribution in [-0.2, 0) is 0 Å². The van der Waals surface area contributed by atoms with E-state index < -0.39 is 0 Å². The Morgan fingerprint density at radius 1 is 1.06 bits per heavy atom. The maximum absolute atomic E-state index is 15.0. The average molecular weight is 442 g/mol. The summed E-state index contributed by atoms with van der Waals surface area (Å²) in [6.07, 6.45) is 6.62. The Morgan fingerprint density at radius 2 is 1.91 bits per heavy atom.